The van der Waals surface area contributed by atoms with Crippen LogP contribution in [0.1, 0.15) is 5.56 Å². The molecule has 0 spiro atoms. The summed E-state index contributed by atoms with van der Waals surface area (Å²) in [6.45, 7) is 0.344. The molecule has 1 aromatic heterocycles. The van der Waals surface area contributed by atoms with E-state index in [1.807, 2.05) is 18.2 Å². The molecule has 0 fully saturated rings. The summed E-state index contributed by atoms with van der Waals surface area (Å²) in [5.41, 5.74) is 1.58. The summed E-state index contributed by atoms with van der Waals surface area (Å²) < 4.78 is 2.41. The van der Waals surface area contributed by atoms with E-state index in [2.05, 4.69) is 21.1 Å². The van der Waals surface area contributed by atoms with Crippen molar-refractivity contribution in [1.29, 1.82) is 0 Å². The predicted molar refractivity (Wildman–Crippen MR) is 92.3 cm³/mol. The standard InChI is InChI=1S/C15H9BrCl2N2O2/c16-9-2-4-13-10(6-9)14(19-22)15(21)20(13)7-8-1-3-11(17)12(18)5-8/h1-6,21H,7H2. The van der Waals surface area contributed by atoms with Gasteiger partial charge in [0, 0.05) is 9.86 Å². The largest absolute Gasteiger partial charge is 0.493 e. The number of hydrogen-bond acceptors (Lipinski definition) is 3. The lowest BCUT2D eigenvalue weighted by atomic mass is 10.2. The fraction of sp³-hybridized carbons (Fsp3) is 0.0667. The van der Waals surface area contributed by atoms with Crippen molar-refractivity contribution in [3.05, 3.63) is 61.4 Å². The topological polar surface area (TPSA) is 54.6 Å². The van der Waals surface area contributed by atoms with Crippen LogP contribution in [0.5, 0.6) is 5.88 Å². The SMILES string of the molecule is O=Nc1c(O)n(Cc2ccc(Cl)c(Cl)c2)c2ccc(Br)cc12. The zero-order chi connectivity index (χ0) is 15.9. The van der Waals surface area contributed by atoms with Crippen LogP contribution < -0.4 is 0 Å². The highest BCUT2D eigenvalue weighted by Gasteiger charge is 2.18. The average molecular weight is 400 g/mol. The molecule has 0 aliphatic carbocycles. The van der Waals surface area contributed by atoms with Crippen molar-refractivity contribution in [3.8, 4) is 5.88 Å². The predicted octanol–water partition coefficient (Wildman–Crippen LogP) is 5.86. The number of rotatable bonds is 3. The molecule has 3 rings (SSSR count). The van der Waals surface area contributed by atoms with Crippen molar-refractivity contribution in [2.24, 2.45) is 5.18 Å². The van der Waals surface area contributed by atoms with E-state index in [4.69, 9.17) is 23.2 Å². The molecule has 2 aromatic carbocycles. The van der Waals surface area contributed by atoms with E-state index in [0.29, 0.717) is 27.5 Å². The van der Waals surface area contributed by atoms with Gasteiger partial charge in [0.05, 0.1) is 22.1 Å². The smallest absolute Gasteiger partial charge is 0.222 e. The zero-order valence-corrected chi connectivity index (χ0v) is 14.2. The third-order valence-electron chi connectivity index (χ3n) is 3.39. The Kier molecular flexibility index (Phi) is 4.12. The van der Waals surface area contributed by atoms with Crippen LogP contribution in [0.4, 0.5) is 5.69 Å². The summed E-state index contributed by atoms with van der Waals surface area (Å²) in [4.78, 5) is 11.0. The van der Waals surface area contributed by atoms with Gasteiger partial charge in [-0.3, -0.25) is 0 Å². The van der Waals surface area contributed by atoms with Gasteiger partial charge in [-0.15, -0.1) is 4.91 Å². The summed E-state index contributed by atoms with van der Waals surface area (Å²) in [7, 11) is 0. The average Bonchev–Trinajstić information content (AvgIpc) is 2.74. The Morgan fingerprint density at radius 2 is 1.91 bits per heavy atom. The number of nitrogens with zero attached hydrogens (tertiary/aromatic N) is 2. The molecule has 0 radical (unpaired) electrons. The normalized spacial score (nSPS) is 11.0. The highest BCUT2D eigenvalue weighted by Crippen LogP contribution is 2.40. The first-order valence-corrected chi connectivity index (χ1v) is 7.84. The van der Waals surface area contributed by atoms with E-state index in [-0.39, 0.29) is 11.6 Å². The third kappa shape index (κ3) is 2.60. The Morgan fingerprint density at radius 3 is 2.59 bits per heavy atom. The molecule has 0 saturated carbocycles. The summed E-state index contributed by atoms with van der Waals surface area (Å²) in [5.74, 6) is -0.172. The molecule has 0 aliphatic rings. The van der Waals surface area contributed by atoms with Gasteiger partial charge < -0.3 is 9.67 Å². The van der Waals surface area contributed by atoms with E-state index in [9.17, 15) is 10.0 Å². The highest BCUT2D eigenvalue weighted by molar-refractivity contribution is 9.10. The van der Waals surface area contributed by atoms with Crippen molar-refractivity contribution in [2.75, 3.05) is 0 Å². The number of nitroso groups, excluding NO2 is 1. The summed E-state index contributed by atoms with van der Waals surface area (Å²) in [5, 5.41) is 14.7. The summed E-state index contributed by atoms with van der Waals surface area (Å²) in [6, 6.07) is 10.6. The van der Waals surface area contributed by atoms with Gasteiger partial charge in [-0.05, 0) is 41.1 Å². The fourth-order valence-corrected chi connectivity index (χ4v) is 3.05. The van der Waals surface area contributed by atoms with E-state index >= 15 is 0 Å². The second-order valence-electron chi connectivity index (χ2n) is 4.76. The Morgan fingerprint density at radius 1 is 1.14 bits per heavy atom. The monoisotopic (exact) mass is 398 g/mol. The van der Waals surface area contributed by atoms with Crippen LogP contribution in [0.15, 0.2) is 46.0 Å². The Bertz CT molecular complexity index is 893. The molecule has 1 N–H and O–H groups in total. The first-order chi connectivity index (χ1) is 10.5. The van der Waals surface area contributed by atoms with Crippen molar-refractivity contribution in [2.45, 2.75) is 6.54 Å². The molecule has 7 heteroatoms. The Hall–Kier alpha value is -1.56. The quantitative estimate of drug-likeness (QED) is 0.560. The second kappa shape index (κ2) is 5.91. The lowest BCUT2D eigenvalue weighted by Crippen LogP contribution is -1.98. The second-order valence-corrected chi connectivity index (χ2v) is 6.49. The van der Waals surface area contributed by atoms with Gasteiger partial charge in [0.1, 0.15) is 0 Å². The Balaban J connectivity index is 2.16. The number of hydrogen-bond donors (Lipinski definition) is 1. The summed E-state index contributed by atoms with van der Waals surface area (Å²) >= 11 is 15.3. The van der Waals surface area contributed by atoms with Crippen LogP contribution in [-0.2, 0) is 6.54 Å². The molecule has 4 nitrogen and oxygen atoms in total. The lowest BCUT2D eigenvalue weighted by molar-refractivity contribution is 0.430. The minimum absolute atomic E-state index is 0.0244. The van der Waals surface area contributed by atoms with Gasteiger partial charge in [-0.25, -0.2) is 0 Å². The zero-order valence-electron chi connectivity index (χ0n) is 11.1. The maximum absolute atomic E-state index is 11.0. The van der Waals surface area contributed by atoms with Crippen molar-refractivity contribution < 1.29 is 5.11 Å². The molecule has 0 aliphatic heterocycles. The number of benzene rings is 2. The third-order valence-corrected chi connectivity index (χ3v) is 4.62. The molecule has 0 unspecified atom stereocenters. The molecule has 1 heterocycles. The van der Waals surface area contributed by atoms with Crippen molar-refractivity contribution in [1.82, 2.24) is 4.57 Å². The number of aromatic hydroxyl groups is 1. The number of aromatic nitrogens is 1. The van der Waals surface area contributed by atoms with Gasteiger partial charge in [0.25, 0.3) is 0 Å². The molecule has 0 saturated heterocycles. The van der Waals surface area contributed by atoms with Gasteiger partial charge in [0.15, 0.2) is 5.69 Å². The van der Waals surface area contributed by atoms with E-state index in [1.54, 1.807) is 22.8 Å². The van der Waals surface area contributed by atoms with Gasteiger partial charge in [-0.2, -0.15) is 0 Å². The minimum atomic E-state index is -0.172. The van der Waals surface area contributed by atoms with Crippen LogP contribution in [0.3, 0.4) is 0 Å². The van der Waals surface area contributed by atoms with Crippen molar-refractivity contribution >= 4 is 55.7 Å². The minimum Gasteiger partial charge on any atom is -0.493 e. The van der Waals surface area contributed by atoms with E-state index in [0.717, 1.165) is 10.0 Å². The highest BCUT2D eigenvalue weighted by atomic mass is 79.9. The molecule has 22 heavy (non-hydrogen) atoms. The molecule has 0 bridgehead atoms. The van der Waals surface area contributed by atoms with Crippen LogP contribution >= 0.6 is 39.1 Å². The van der Waals surface area contributed by atoms with Crippen LogP contribution in [0, 0.1) is 4.91 Å². The van der Waals surface area contributed by atoms with E-state index in [1.165, 1.54) is 0 Å². The molecule has 0 atom stereocenters. The van der Waals surface area contributed by atoms with Gasteiger partial charge in [-0.1, -0.05) is 45.2 Å². The molecule has 112 valence electrons. The van der Waals surface area contributed by atoms with Gasteiger partial charge in [0.2, 0.25) is 5.88 Å². The maximum Gasteiger partial charge on any atom is 0.222 e. The fourth-order valence-electron chi connectivity index (χ4n) is 2.37. The molecular weight excluding hydrogens is 391 g/mol. The first kappa shape index (κ1) is 15.3. The van der Waals surface area contributed by atoms with Crippen LogP contribution in [0.2, 0.25) is 10.0 Å². The number of halogens is 3. The van der Waals surface area contributed by atoms with Gasteiger partial charge >= 0.3 is 0 Å². The molecule has 0 amide bonds. The summed E-state index contributed by atoms with van der Waals surface area (Å²) in [6.07, 6.45) is 0. The molecule has 3 aromatic rings. The maximum atomic E-state index is 11.0. The molecular formula is C15H9BrCl2N2O2. The lowest BCUT2D eigenvalue weighted by Gasteiger charge is -2.08. The number of fused-ring (bicyclic) bond motifs is 1. The van der Waals surface area contributed by atoms with Crippen LogP contribution in [0.25, 0.3) is 10.9 Å². The Labute approximate surface area is 144 Å². The first-order valence-electron chi connectivity index (χ1n) is 6.29. The van der Waals surface area contributed by atoms with Crippen LogP contribution in [-0.4, -0.2) is 9.67 Å². The van der Waals surface area contributed by atoms with E-state index < -0.39 is 0 Å². The van der Waals surface area contributed by atoms with Crippen molar-refractivity contribution in [3.63, 3.8) is 0 Å².